The molecule has 0 aliphatic rings. The first kappa shape index (κ1) is 20.3. The summed E-state index contributed by atoms with van der Waals surface area (Å²) in [6.45, 7) is 6.07. The molecule has 0 aliphatic carbocycles. The number of carbonyl (C=O) groups is 1. The average Bonchev–Trinajstić information content (AvgIpc) is 3.35. The van der Waals surface area contributed by atoms with Gasteiger partial charge in [-0.2, -0.15) is 0 Å². The van der Waals surface area contributed by atoms with Gasteiger partial charge >= 0.3 is 0 Å². The molecule has 0 radical (unpaired) electrons. The van der Waals surface area contributed by atoms with Gasteiger partial charge in [0, 0.05) is 16.6 Å². The van der Waals surface area contributed by atoms with E-state index >= 15 is 0 Å². The molecule has 0 fully saturated rings. The number of aromatic nitrogens is 4. The van der Waals surface area contributed by atoms with Gasteiger partial charge in [0.15, 0.2) is 16.1 Å². The Balaban J connectivity index is 1.62. The van der Waals surface area contributed by atoms with Crippen LogP contribution < -0.4 is 5.32 Å². The molecular weight excluding hydrogens is 414 g/mol. The number of aryl methyl sites for hydroxylation is 3. The molecule has 4 rings (SSSR count). The van der Waals surface area contributed by atoms with Gasteiger partial charge in [-0.3, -0.25) is 9.36 Å². The molecule has 0 saturated heterocycles. The summed E-state index contributed by atoms with van der Waals surface area (Å²) in [7, 11) is 0. The van der Waals surface area contributed by atoms with Crippen molar-refractivity contribution in [3.05, 3.63) is 70.7 Å². The highest BCUT2D eigenvalue weighted by Crippen LogP contribution is 2.29. The largest absolute Gasteiger partial charge is 0.301 e. The predicted octanol–water partition coefficient (Wildman–Crippen LogP) is 5.05. The maximum absolute atomic E-state index is 12.4. The van der Waals surface area contributed by atoms with Crippen molar-refractivity contribution in [2.24, 2.45) is 0 Å². The zero-order valence-electron chi connectivity index (χ0n) is 16.9. The number of rotatable bonds is 6. The van der Waals surface area contributed by atoms with Crippen LogP contribution in [0.3, 0.4) is 0 Å². The van der Waals surface area contributed by atoms with Crippen molar-refractivity contribution in [2.75, 3.05) is 11.1 Å². The van der Waals surface area contributed by atoms with Crippen LogP contribution in [0, 0.1) is 20.8 Å². The van der Waals surface area contributed by atoms with Gasteiger partial charge in [0.25, 0.3) is 0 Å². The lowest BCUT2D eigenvalue weighted by atomic mass is 10.1. The Morgan fingerprint density at radius 2 is 1.87 bits per heavy atom. The number of benzene rings is 2. The van der Waals surface area contributed by atoms with E-state index in [4.69, 9.17) is 0 Å². The Hall–Kier alpha value is -2.97. The van der Waals surface area contributed by atoms with E-state index in [0.717, 1.165) is 22.8 Å². The number of anilines is 1. The lowest BCUT2D eigenvalue weighted by molar-refractivity contribution is -0.113. The maximum Gasteiger partial charge on any atom is 0.236 e. The highest BCUT2D eigenvalue weighted by Gasteiger charge is 2.18. The second-order valence-corrected chi connectivity index (χ2v) is 8.71. The van der Waals surface area contributed by atoms with Crippen LogP contribution in [-0.4, -0.2) is 31.4 Å². The highest BCUT2D eigenvalue weighted by molar-refractivity contribution is 7.99. The number of amides is 1. The first-order chi connectivity index (χ1) is 14.5. The Morgan fingerprint density at radius 1 is 1.07 bits per heavy atom. The van der Waals surface area contributed by atoms with Crippen LogP contribution in [0.15, 0.2) is 59.1 Å². The number of nitrogens with one attached hydrogen (secondary N) is 1. The number of thiazole rings is 1. The number of nitrogens with zero attached hydrogens (tertiary/aromatic N) is 4. The standard InChI is InChI=1S/C22H21N5OS2/c1-14-9-10-17(11-15(14)2)20-25-26-22(27(20)18-7-5-4-6-8-18)30-13-19(28)24-21-23-16(3)12-29-21/h4-12H,13H2,1-3H3,(H,23,24,28). The van der Waals surface area contributed by atoms with Crippen LogP contribution in [-0.2, 0) is 4.79 Å². The molecule has 2 aromatic carbocycles. The maximum atomic E-state index is 12.4. The minimum atomic E-state index is -0.121. The summed E-state index contributed by atoms with van der Waals surface area (Å²) in [5, 5.41) is 14.9. The Labute approximate surface area is 183 Å². The van der Waals surface area contributed by atoms with Gasteiger partial charge in [-0.1, -0.05) is 42.1 Å². The van der Waals surface area contributed by atoms with Gasteiger partial charge in [-0.05, 0) is 50.1 Å². The molecule has 2 heterocycles. The molecule has 1 amide bonds. The first-order valence-electron chi connectivity index (χ1n) is 9.44. The summed E-state index contributed by atoms with van der Waals surface area (Å²) in [6.07, 6.45) is 0. The van der Waals surface area contributed by atoms with Gasteiger partial charge < -0.3 is 5.32 Å². The molecule has 0 aliphatic heterocycles. The third kappa shape index (κ3) is 4.44. The molecule has 0 bridgehead atoms. The minimum absolute atomic E-state index is 0.121. The van der Waals surface area contributed by atoms with Gasteiger partial charge in [-0.25, -0.2) is 4.98 Å². The summed E-state index contributed by atoms with van der Waals surface area (Å²) in [5.41, 5.74) is 5.26. The third-order valence-electron chi connectivity index (χ3n) is 4.61. The molecule has 0 saturated carbocycles. The molecule has 6 nitrogen and oxygen atoms in total. The second-order valence-electron chi connectivity index (χ2n) is 6.91. The summed E-state index contributed by atoms with van der Waals surface area (Å²) >= 11 is 2.77. The molecule has 30 heavy (non-hydrogen) atoms. The van der Waals surface area contributed by atoms with Gasteiger partial charge in [0.05, 0.1) is 11.4 Å². The van der Waals surface area contributed by atoms with E-state index in [0.29, 0.717) is 10.3 Å². The minimum Gasteiger partial charge on any atom is -0.301 e. The normalized spacial score (nSPS) is 10.9. The number of hydrogen-bond donors (Lipinski definition) is 1. The average molecular weight is 436 g/mol. The van der Waals surface area contributed by atoms with E-state index < -0.39 is 0 Å². The highest BCUT2D eigenvalue weighted by atomic mass is 32.2. The fourth-order valence-corrected chi connectivity index (χ4v) is 4.39. The van der Waals surface area contributed by atoms with E-state index in [9.17, 15) is 4.79 Å². The van der Waals surface area contributed by atoms with Gasteiger partial charge in [-0.15, -0.1) is 21.5 Å². The number of carbonyl (C=O) groups excluding carboxylic acids is 1. The number of para-hydroxylation sites is 1. The summed E-state index contributed by atoms with van der Waals surface area (Å²) in [6, 6.07) is 16.2. The monoisotopic (exact) mass is 435 g/mol. The molecule has 152 valence electrons. The predicted molar refractivity (Wildman–Crippen MR) is 122 cm³/mol. The fraction of sp³-hybridized carbons (Fsp3) is 0.182. The summed E-state index contributed by atoms with van der Waals surface area (Å²) in [5.74, 6) is 0.851. The van der Waals surface area contributed by atoms with Crippen LogP contribution in [0.1, 0.15) is 16.8 Å². The Morgan fingerprint density at radius 3 is 2.57 bits per heavy atom. The molecule has 0 unspecified atom stereocenters. The van der Waals surface area contributed by atoms with E-state index in [2.05, 4.69) is 52.5 Å². The van der Waals surface area contributed by atoms with Gasteiger partial charge in [0.1, 0.15) is 0 Å². The van der Waals surface area contributed by atoms with Crippen molar-refractivity contribution in [1.29, 1.82) is 0 Å². The molecule has 1 N–H and O–H groups in total. The molecule has 0 atom stereocenters. The summed E-state index contributed by atoms with van der Waals surface area (Å²) in [4.78, 5) is 16.7. The third-order valence-corrected chi connectivity index (χ3v) is 6.42. The van der Waals surface area contributed by atoms with Crippen LogP contribution in [0.25, 0.3) is 17.1 Å². The van der Waals surface area contributed by atoms with Crippen molar-refractivity contribution in [1.82, 2.24) is 19.7 Å². The molecule has 2 aromatic heterocycles. The lowest BCUT2D eigenvalue weighted by Gasteiger charge is -2.11. The zero-order chi connectivity index (χ0) is 21.1. The first-order valence-corrected chi connectivity index (χ1v) is 11.3. The molecular formula is C22H21N5OS2. The van der Waals surface area contributed by atoms with E-state index in [1.54, 1.807) is 0 Å². The quantitative estimate of drug-likeness (QED) is 0.429. The topological polar surface area (TPSA) is 72.7 Å². The van der Waals surface area contributed by atoms with Crippen LogP contribution in [0.2, 0.25) is 0 Å². The van der Waals surface area contributed by atoms with Crippen molar-refractivity contribution < 1.29 is 4.79 Å². The Bertz CT molecular complexity index is 1180. The number of hydrogen-bond acceptors (Lipinski definition) is 6. The van der Waals surface area contributed by atoms with Crippen molar-refractivity contribution in [2.45, 2.75) is 25.9 Å². The molecule has 8 heteroatoms. The van der Waals surface area contributed by atoms with Crippen molar-refractivity contribution in [3.8, 4) is 17.1 Å². The van der Waals surface area contributed by atoms with Crippen LogP contribution in [0.4, 0.5) is 5.13 Å². The smallest absolute Gasteiger partial charge is 0.236 e. The van der Waals surface area contributed by atoms with Crippen molar-refractivity contribution in [3.63, 3.8) is 0 Å². The van der Waals surface area contributed by atoms with E-state index in [-0.39, 0.29) is 11.7 Å². The van der Waals surface area contributed by atoms with Gasteiger partial charge in [0.2, 0.25) is 5.91 Å². The Kier molecular flexibility index (Phi) is 5.96. The SMILES string of the molecule is Cc1csc(NC(=O)CSc2nnc(-c3ccc(C)c(C)c3)n2-c2ccccc2)n1. The number of thioether (sulfide) groups is 1. The summed E-state index contributed by atoms with van der Waals surface area (Å²) < 4.78 is 2.00. The second kappa shape index (κ2) is 8.81. The van der Waals surface area contributed by atoms with E-state index in [1.807, 2.05) is 47.2 Å². The molecule has 4 aromatic rings. The van der Waals surface area contributed by atoms with Crippen LogP contribution in [0.5, 0.6) is 0 Å². The lowest BCUT2D eigenvalue weighted by Crippen LogP contribution is -2.14. The fourth-order valence-electron chi connectivity index (χ4n) is 2.94. The zero-order valence-corrected chi connectivity index (χ0v) is 18.5. The van der Waals surface area contributed by atoms with E-state index in [1.165, 1.54) is 34.2 Å². The van der Waals surface area contributed by atoms with Crippen molar-refractivity contribution >= 4 is 34.1 Å². The molecule has 0 spiro atoms. The van der Waals surface area contributed by atoms with Crippen LogP contribution >= 0.6 is 23.1 Å².